The van der Waals surface area contributed by atoms with Crippen molar-refractivity contribution in [2.75, 3.05) is 5.73 Å². The van der Waals surface area contributed by atoms with Gasteiger partial charge in [-0.2, -0.15) is 0 Å². The normalized spacial score (nSPS) is 12.9. The number of nitrogens with two attached hydrogens (primary N) is 2. The van der Waals surface area contributed by atoms with Gasteiger partial charge in [0.2, 0.25) is 0 Å². The minimum atomic E-state index is -0.469. The van der Waals surface area contributed by atoms with E-state index in [1.165, 1.54) is 12.1 Å². The molecule has 0 fully saturated rings. The number of hydrogen-bond acceptors (Lipinski definition) is 2. The van der Waals surface area contributed by atoms with E-state index in [0.29, 0.717) is 17.0 Å². The summed E-state index contributed by atoms with van der Waals surface area (Å²) in [4.78, 5) is 0. The van der Waals surface area contributed by atoms with Gasteiger partial charge in [-0.05, 0) is 24.1 Å². The molecule has 0 amide bonds. The van der Waals surface area contributed by atoms with Gasteiger partial charge in [0.1, 0.15) is 5.82 Å². The molecule has 0 radical (unpaired) electrons. The summed E-state index contributed by atoms with van der Waals surface area (Å²) < 4.78 is 13.0. The number of nitrogen functional groups attached to an aromatic ring is 1. The van der Waals surface area contributed by atoms with E-state index in [2.05, 4.69) is 0 Å². The molecule has 0 saturated carbocycles. The molecule has 13 heavy (non-hydrogen) atoms. The van der Waals surface area contributed by atoms with E-state index < -0.39 is 5.82 Å². The Labute approximate surface area is 81.7 Å². The van der Waals surface area contributed by atoms with Crippen molar-refractivity contribution < 1.29 is 4.39 Å². The minimum absolute atomic E-state index is 0.0528. The van der Waals surface area contributed by atoms with E-state index in [0.717, 1.165) is 0 Å². The maximum Gasteiger partial charge on any atom is 0.146 e. The van der Waals surface area contributed by atoms with E-state index in [1.807, 2.05) is 6.92 Å². The Bertz CT molecular complexity index is 315. The van der Waals surface area contributed by atoms with E-state index in [1.54, 1.807) is 0 Å². The lowest BCUT2D eigenvalue weighted by molar-refractivity contribution is 0.621. The molecule has 0 aliphatic heterocycles. The Morgan fingerprint density at radius 3 is 2.69 bits per heavy atom. The van der Waals surface area contributed by atoms with Crippen LogP contribution in [0, 0.1) is 5.82 Å². The van der Waals surface area contributed by atoms with Gasteiger partial charge in [0.25, 0.3) is 0 Å². The fourth-order valence-corrected chi connectivity index (χ4v) is 1.39. The molecular formula is C9H12ClFN2. The summed E-state index contributed by atoms with van der Waals surface area (Å²) in [5.41, 5.74) is 11.7. The first kappa shape index (κ1) is 10.3. The average Bonchev–Trinajstić information content (AvgIpc) is 2.10. The molecule has 0 heterocycles. The minimum Gasteiger partial charge on any atom is -0.396 e. The lowest BCUT2D eigenvalue weighted by Gasteiger charge is -2.12. The Hall–Kier alpha value is -0.800. The molecule has 0 aromatic heterocycles. The predicted octanol–water partition coefficient (Wildman–Crippen LogP) is 2.47. The van der Waals surface area contributed by atoms with E-state index in [9.17, 15) is 4.39 Å². The Balaban J connectivity index is 3.15. The van der Waals surface area contributed by atoms with Gasteiger partial charge in [0.15, 0.2) is 0 Å². The van der Waals surface area contributed by atoms with Crippen LogP contribution in [0.3, 0.4) is 0 Å². The highest BCUT2D eigenvalue weighted by molar-refractivity contribution is 6.31. The van der Waals surface area contributed by atoms with E-state index in [-0.39, 0.29) is 11.7 Å². The molecule has 1 unspecified atom stereocenters. The molecule has 1 atom stereocenters. The van der Waals surface area contributed by atoms with Crippen LogP contribution in [-0.2, 0) is 0 Å². The topological polar surface area (TPSA) is 52.0 Å². The molecule has 0 spiro atoms. The second kappa shape index (κ2) is 3.94. The van der Waals surface area contributed by atoms with Crippen molar-refractivity contribution in [1.82, 2.24) is 0 Å². The van der Waals surface area contributed by atoms with Crippen LogP contribution in [0.5, 0.6) is 0 Å². The van der Waals surface area contributed by atoms with Crippen LogP contribution in [0.15, 0.2) is 12.1 Å². The first-order chi connectivity index (χ1) is 6.06. The maximum absolute atomic E-state index is 13.0. The lowest BCUT2D eigenvalue weighted by Crippen LogP contribution is -2.10. The average molecular weight is 203 g/mol. The molecule has 4 N–H and O–H groups in total. The third kappa shape index (κ3) is 2.11. The molecule has 0 aliphatic carbocycles. The molecule has 4 heteroatoms. The number of halogens is 2. The number of rotatable bonds is 2. The standard InChI is InChI=1S/C9H12ClFN2/c1-2-8(12)5-3-7(11)9(13)4-6(5)10/h3-4,8H,2,12-13H2,1H3. The van der Waals surface area contributed by atoms with Gasteiger partial charge in [-0.15, -0.1) is 0 Å². The maximum atomic E-state index is 13.0. The van der Waals surface area contributed by atoms with Gasteiger partial charge in [0.05, 0.1) is 5.69 Å². The van der Waals surface area contributed by atoms with Crippen LogP contribution in [0.4, 0.5) is 10.1 Å². The lowest BCUT2D eigenvalue weighted by atomic mass is 10.0. The molecule has 72 valence electrons. The van der Waals surface area contributed by atoms with Gasteiger partial charge in [-0.3, -0.25) is 0 Å². The van der Waals surface area contributed by atoms with E-state index in [4.69, 9.17) is 23.1 Å². The fraction of sp³-hybridized carbons (Fsp3) is 0.333. The molecule has 0 saturated heterocycles. The van der Waals surface area contributed by atoms with Crippen LogP contribution >= 0.6 is 11.6 Å². The smallest absolute Gasteiger partial charge is 0.146 e. The summed E-state index contributed by atoms with van der Waals surface area (Å²) in [7, 11) is 0. The van der Waals surface area contributed by atoms with Crippen molar-refractivity contribution in [3.63, 3.8) is 0 Å². The van der Waals surface area contributed by atoms with Gasteiger partial charge in [-0.25, -0.2) is 4.39 Å². The summed E-state index contributed by atoms with van der Waals surface area (Å²) in [6, 6.07) is 2.45. The van der Waals surface area contributed by atoms with Crippen LogP contribution in [0.25, 0.3) is 0 Å². The second-order valence-electron chi connectivity index (χ2n) is 2.91. The van der Waals surface area contributed by atoms with Crippen molar-refractivity contribution >= 4 is 17.3 Å². The third-order valence-corrected chi connectivity index (χ3v) is 2.28. The molecule has 1 aromatic carbocycles. The summed E-state index contributed by atoms with van der Waals surface area (Å²) in [5.74, 6) is -0.469. The zero-order chi connectivity index (χ0) is 10.0. The monoisotopic (exact) mass is 202 g/mol. The highest BCUT2D eigenvalue weighted by Crippen LogP contribution is 2.27. The molecular weight excluding hydrogens is 191 g/mol. The van der Waals surface area contributed by atoms with Crippen molar-refractivity contribution in [1.29, 1.82) is 0 Å². The highest BCUT2D eigenvalue weighted by Gasteiger charge is 2.11. The molecule has 0 bridgehead atoms. The zero-order valence-electron chi connectivity index (χ0n) is 7.35. The van der Waals surface area contributed by atoms with Crippen LogP contribution in [0.2, 0.25) is 5.02 Å². The summed E-state index contributed by atoms with van der Waals surface area (Å²) in [5, 5.41) is 0.424. The molecule has 0 aliphatic rings. The molecule has 1 aromatic rings. The zero-order valence-corrected chi connectivity index (χ0v) is 8.11. The summed E-state index contributed by atoms with van der Waals surface area (Å²) in [6.45, 7) is 1.91. The molecule has 2 nitrogen and oxygen atoms in total. The Kier molecular flexibility index (Phi) is 3.12. The Morgan fingerprint density at radius 1 is 1.54 bits per heavy atom. The van der Waals surface area contributed by atoms with Crippen molar-refractivity contribution in [2.45, 2.75) is 19.4 Å². The fourth-order valence-electron chi connectivity index (χ4n) is 1.08. The highest BCUT2D eigenvalue weighted by atomic mass is 35.5. The Morgan fingerprint density at radius 2 is 2.15 bits per heavy atom. The summed E-state index contributed by atoms with van der Waals surface area (Å²) >= 11 is 5.85. The quantitative estimate of drug-likeness (QED) is 0.724. The summed E-state index contributed by atoms with van der Waals surface area (Å²) in [6.07, 6.45) is 0.711. The molecule has 1 rings (SSSR count). The second-order valence-corrected chi connectivity index (χ2v) is 3.32. The largest absolute Gasteiger partial charge is 0.396 e. The van der Waals surface area contributed by atoms with Crippen LogP contribution in [0.1, 0.15) is 24.9 Å². The number of benzene rings is 1. The van der Waals surface area contributed by atoms with Gasteiger partial charge in [0, 0.05) is 11.1 Å². The number of hydrogen-bond donors (Lipinski definition) is 2. The van der Waals surface area contributed by atoms with Crippen molar-refractivity contribution in [3.8, 4) is 0 Å². The third-order valence-electron chi connectivity index (χ3n) is 1.96. The first-order valence-electron chi connectivity index (χ1n) is 4.06. The van der Waals surface area contributed by atoms with Crippen molar-refractivity contribution in [3.05, 3.63) is 28.5 Å². The first-order valence-corrected chi connectivity index (χ1v) is 4.44. The van der Waals surface area contributed by atoms with E-state index >= 15 is 0 Å². The van der Waals surface area contributed by atoms with Gasteiger partial charge in [-0.1, -0.05) is 18.5 Å². The SMILES string of the molecule is CCC(N)c1cc(F)c(N)cc1Cl. The van der Waals surface area contributed by atoms with Crippen molar-refractivity contribution in [2.24, 2.45) is 5.73 Å². The predicted molar refractivity (Wildman–Crippen MR) is 53.0 cm³/mol. The number of anilines is 1. The van der Waals surface area contributed by atoms with Crippen LogP contribution < -0.4 is 11.5 Å². The van der Waals surface area contributed by atoms with Crippen LogP contribution in [-0.4, -0.2) is 0 Å². The van der Waals surface area contributed by atoms with Gasteiger partial charge < -0.3 is 11.5 Å². The van der Waals surface area contributed by atoms with Gasteiger partial charge >= 0.3 is 0 Å².